The maximum atomic E-state index is 13.4. The highest BCUT2D eigenvalue weighted by molar-refractivity contribution is 7.92. The Morgan fingerprint density at radius 1 is 1.25 bits per heavy atom. The first-order chi connectivity index (χ1) is 15.3. The normalized spacial score (nSPS) is 11.2. The molecule has 0 unspecified atom stereocenters. The average molecular weight is 473 g/mol. The summed E-state index contributed by atoms with van der Waals surface area (Å²) in [5.74, 6) is -0.334. The first-order valence-corrected chi connectivity index (χ1v) is 11.9. The van der Waals surface area contributed by atoms with Crippen LogP contribution in [0.5, 0.6) is 0 Å². The SMILES string of the molecule is C=CCN(c1ccccc1Cl)S(=O)(=O)c1cccc(C(=O)NCCCc2cn[nH]c2C)c1. The molecule has 0 fully saturated rings. The molecule has 0 aliphatic rings. The molecule has 0 spiro atoms. The first kappa shape index (κ1) is 23.6. The second-order valence-electron chi connectivity index (χ2n) is 7.18. The molecule has 0 saturated heterocycles. The summed E-state index contributed by atoms with van der Waals surface area (Å²) in [6, 6.07) is 12.7. The van der Waals surface area contributed by atoms with Crippen LogP contribution in [0.4, 0.5) is 5.69 Å². The molecular formula is C23H25ClN4O3S. The van der Waals surface area contributed by atoms with Gasteiger partial charge < -0.3 is 5.32 Å². The van der Waals surface area contributed by atoms with Crippen molar-refractivity contribution in [3.05, 3.63) is 89.2 Å². The number of H-pyrrole nitrogens is 1. The van der Waals surface area contributed by atoms with E-state index < -0.39 is 10.0 Å². The molecule has 0 aliphatic heterocycles. The largest absolute Gasteiger partial charge is 0.352 e. The van der Waals surface area contributed by atoms with E-state index in [0.717, 1.165) is 24.1 Å². The molecule has 0 saturated carbocycles. The number of sulfonamides is 1. The van der Waals surface area contributed by atoms with Crippen molar-refractivity contribution in [2.45, 2.75) is 24.7 Å². The second-order valence-corrected chi connectivity index (χ2v) is 9.45. The van der Waals surface area contributed by atoms with Gasteiger partial charge in [-0.1, -0.05) is 35.9 Å². The Bertz CT molecular complexity index is 1210. The van der Waals surface area contributed by atoms with E-state index in [1.165, 1.54) is 22.5 Å². The highest BCUT2D eigenvalue weighted by atomic mass is 35.5. The number of hydrogen-bond acceptors (Lipinski definition) is 4. The van der Waals surface area contributed by atoms with Crippen molar-refractivity contribution in [2.75, 3.05) is 17.4 Å². The Labute approximate surface area is 193 Å². The van der Waals surface area contributed by atoms with E-state index in [-0.39, 0.29) is 22.9 Å². The summed E-state index contributed by atoms with van der Waals surface area (Å²) in [5, 5.41) is 10.0. The van der Waals surface area contributed by atoms with Gasteiger partial charge in [-0.05, 0) is 55.7 Å². The van der Waals surface area contributed by atoms with Crippen LogP contribution in [-0.2, 0) is 16.4 Å². The van der Waals surface area contributed by atoms with Gasteiger partial charge in [0.2, 0.25) is 0 Å². The van der Waals surface area contributed by atoms with Crippen LogP contribution >= 0.6 is 11.6 Å². The third kappa shape index (κ3) is 5.38. The lowest BCUT2D eigenvalue weighted by Crippen LogP contribution is -2.32. The summed E-state index contributed by atoms with van der Waals surface area (Å²) in [6.45, 7) is 6.10. The van der Waals surface area contributed by atoms with Crippen molar-refractivity contribution >= 4 is 33.2 Å². The summed E-state index contributed by atoms with van der Waals surface area (Å²) >= 11 is 6.24. The van der Waals surface area contributed by atoms with Crippen molar-refractivity contribution in [3.8, 4) is 0 Å². The quantitative estimate of drug-likeness (QED) is 0.343. The predicted octanol–water partition coefficient (Wildman–Crippen LogP) is 4.12. The zero-order chi connectivity index (χ0) is 23.1. The Morgan fingerprint density at radius 2 is 2.03 bits per heavy atom. The van der Waals surface area contributed by atoms with Crippen LogP contribution in [0.2, 0.25) is 5.02 Å². The van der Waals surface area contributed by atoms with Crippen molar-refractivity contribution in [1.82, 2.24) is 15.5 Å². The minimum atomic E-state index is -3.97. The highest BCUT2D eigenvalue weighted by Crippen LogP contribution is 2.30. The lowest BCUT2D eigenvalue weighted by molar-refractivity contribution is 0.0953. The lowest BCUT2D eigenvalue weighted by Gasteiger charge is -2.24. The van der Waals surface area contributed by atoms with Gasteiger partial charge in [-0.25, -0.2) is 8.42 Å². The fourth-order valence-corrected chi connectivity index (χ4v) is 5.02. The minimum Gasteiger partial charge on any atom is -0.352 e. The molecule has 0 radical (unpaired) electrons. The summed E-state index contributed by atoms with van der Waals surface area (Å²) in [7, 11) is -3.97. The number of benzene rings is 2. The summed E-state index contributed by atoms with van der Waals surface area (Å²) in [4.78, 5) is 12.6. The first-order valence-electron chi connectivity index (χ1n) is 10.1. The number of nitrogens with zero attached hydrogens (tertiary/aromatic N) is 2. The van der Waals surface area contributed by atoms with Gasteiger partial charge in [0.25, 0.3) is 15.9 Å². The number of aromatic nitrogens is 2. The number of rotatable bonds is 10. The Balaban J connectivity index is 1.74. The molecule has 9 heteroatoms. The predicted molar refractivity (Wildman–Crippen MR) is 127 cm³/mol. The van der Waals surface area contributed by atoms with Gasteiger partial charge in [0.15, 0.2) is 0 Å². The number of carbonyl (C=O) groups is 1. The molecule has 3 aromatic rings. The number of halogens is 1. The van der Waals surface area contributed by atoms with Crippen LogP contribution in [0.15, 0.2) is 72.3 Å². The summed E-state index contributed by atoms with van der Waals surface area (Å²) < 4.78 is 27.9. The topological polar surface area (TPSA) is 95.2 Å². The summed E-state index contributed by atoms with van der Waals surface area (Å²) in [5.41, 5.74) is 2.73. The third-order valence-electron chi connectivity index (χ3n) is 4.94. The average Bonchev–Trinajstić information content (AvgIpc) is 3.20. The summed E-state index contributed by atoms with van der Waals surface area (Å²) in [6.07, 6.45) is 4.79. The van der Waals surface area contributed by atoms with Crippen LogP contribution in [-0.4, -0.2) is 37.6 Å². The van der Waals surface area contributed by atoms with E-state index in [2.05, 4.69) is 22.1 Å². The fourth-order valence-electron chi connectivity index (χ4n) is 3.23. The van der Waals surface area contributed by atoms with Crippen LogP contribution in [0.3, 0.4) is 0 Å². The second kappa shape index (κ2) is 10.5. The molecular weight excluding hydrogens is 448 g/mol. The van der Waals surface area contributed by atoms with Gasteiger partial charge >= 0.3 is 0 Å². The van der Waals surface area contributed by atoms with Crippen molar-refractivity contribution < 1.29 is 13.2 Å². The lowest BCUT2D eigenvalue weighted by atomic mass is 10.1. The van der Waals surface area contributed by atoms with Gasteiger partial charge in [-0.2, -0.15) is 5.10 Å². The van der Waals surface area contributed by atoms with E-state index >= 15 is 0 Å². The number of aryl methyl sites for hydroxylation is 2. The van der Waals surface area contributed by atoms with Crippen LogP contribution in [0.1, 0.15) is 28.0 Å². The Hall–Kier alpha value is -3.10. The number of anilines is 1. The zero-order valence-corrected chi connectivity index (χ0v) is 19.3. The number of carbonyl (C=O) groups excluding carboxylic acids is 1. The molecule has 1 aromatic heterocycles. The number of aromatic amines is 1. The molecule has 0 bridgehead atoms. The smallest absolute Gasteiger partial charge is 0.264 e. The van der Waals surface area contributed by atoms with E-state index in [1.54, 1.807) is 42.6 Å². The molecule has 168 valence electrons. The van der Waals surface area contributed by atoms with Gasteiger partial charge in [-0.15, -0.1) is 6.58 Å². The minimum absolute atomic E-state index is 0.000872. The molecule has 1 heterocycles. The fraction of sp³-hybridized carbons (Fsp3) is 0.217. The van der Waals surface area contributed by atoms with Crippen molar-refractivity contribution in [1.29, 1.82) is 0 Å². The Kier molecular flexibility index (Phi) is 7.71. The standard InChI is InChI=1S/C23H25ClN4O3S/c1-3-14-28(22-12-5-4-11-21(22)24)32(30,31)20-10-6-8-18(15-20)23(29)25-13-7-9-19-16-26-27-17(19)2/h3-6,8,10-12,15-16H,1,7,9,13-14H2,2H3,(H,25,29)(H,26,27). The van der Waals surface area contributed by atoms with E-state index in [1.807, 2.05) is 6.92 Å². The zero-order valence-electron chi connectivity index (χ0n) is 17.7. The Morgan fingerprint density at radius 3 is 2.72 bits per heavy atom. The van der Waals surface area contributed by atoms with Crippen molar-refractivity contribution in [2.24, 2.45) is 0 Å². The molecule has 1 amide bonds. The van der Waals surface area contributed by atoms with E-state index in [0.29, 0.717) is 17.3 Å². The van der Waals surface area contributed by atoms with Crippen molar-refractivity contribution in [3.63, 3.8) is 0 Å². The molecule has 32 heavy (non-hydrogen) atoms. The van der Waals surface area contributed by atoms with Gasteiger partial charge in [0, 0.05) is 17.8 Å². The number of para-hydroxylation sites is 1. The van der Waals surface area contributed by atoms with E-state index in [4.69, 9.17) is 11.6 Å². The molecule has 7 nitrogen and oxygen atoms in total. The van der Waals surface area contributed by atoms with Crippen LogP contribution in [0.25, 0.3) is 0 Å². The van der Waals surface area contributed by atoms with Gasteiger partial charge in [0.05, 0.1) is 28.3 Å². The highest BCUT2D eigenvalue weighted by Gasteiger charge is 2.26. The van der Waals surface area contributed by atoms with Gasteiger partial charge in [-0.3, -0.25) is 14.2 Å². The van der Waals surface area contributed by atoms with Crippen LogP contribution < -0.4 is 9.62 Å². The number of hydrogen-bond donors (Lipinski definition) is 2. The number of nitrogens with one attached hydrogen (secondary N) is 2. The third-order valence-corrected chi connectivity index (χ3v) is 7.04. The number of amides is 1. The molecule has 0 atom stereocenters. The van der Waals surface area contributed by atoms with E-state index in [9.17, 15) is 13.2 Å². The molecule has 0 aliphatic carbocycles. The van der Waals surface area contributed by atoms with Crippen LogP contribution in [0, 0.1) is 6.92 Å². The van der Waals surface area contributed by atoms with Gasteiger partial charge in [0.1, 0.15) is 0 Å². The molecule has 2 aromatic carbocycles. The maximum Gasteiger partial charge on any atom is 0.264 e. The molecule has 3 rings (SSSR count). The molecule has 2 N–H and O–H groups in total. The maximum absolute atomic E-state index is 13.4. The monoisotopic (exact) mass is 472 g/mol.